The van der Waals surface area contributed by atoms with Crippen molar-refractivity contribution in [2.75, 3.05) is 6.54 Å². The van der Waals surface area contributed by atoms with E-state index in [-0.39, 0.29) is 30.1 Å². The fourth-order valence-corrected chi connectivity index (χ4v) is 3.22. The Hall–Kier alpha value is -2.69. The van der Waals surface area contributed by atoms with E-state index < -0.39 is 6.04 Å². The van der Waals surface area contributed by atoms with Gasteiger partial charge in [-0.25, -0.2) is 4.39 Å². The van der Waals surface area contributed by atoms with E-state index in [0.29, 0.717) is 19.4 Å². The quantitative estimate of drug-likeness (QED) is 0.654. The van der Waals surface area contributed by atoms with Gasteiger partial charge in [-0.05, 0) is 49.4 Å². The summed E-state index contributed by atoms with van der Waals surface area (Å²) in [5.74, 6) is -0.581. The normalized spacial score (nSPS) is 12.8. The van der Waals surface area contributed by atoms with Crippen LogP contribution < -0.4 is 5.32 Å². The lowest BCUT2D eigenvalue weighted by atomic mass is 10.1. The van der Waals surface area contributed by atoms with Gasteiger partial charge in [-0.3, -0.25) is 9.59 Å². The molecule has 0 spiro atoms. The molecule has 2 atom stereocenters. The van der Waals surface area contributed by atoms with E-state index in [1.807, 2.05) is 51.1 Å². The van der Waals surface area contributed by atoms with Gasteiger partial charge in [-0.1, -0.05) is 56.3 Å². The van der Waals surface area contributed by atoms with Gasteiger partial charge in [0.25, 0.3) is 0 Å². The fraction of sp³-hybridized carbons (Fsp3) is 0.417. The molecule has 2 amide bonds. The van der Waals surface area contributed by atoms with Gasteiger partial charge in [0.15, 0.2) is 0 Å². The number of rotatable bonds is 10. The maximum absolute atomic E-state index is 13.2. The van der Waals surface area contributed by atoms with E-state index in [1.165, 1.54) is 12.1 Å². The summed E-state index contributed by atoms with van der Waals surface area (Å²) in [6.07, 6.45) is 2.17. The van der Waals surface area contributed by atoms with Gasteiger partial charge in [0.05, 0.1) is 6.42 Å². The van der Waals surface area contributed by atoms with Gasteiger partial charge in [0.2, 0.25) is 11.8 Å². The second kappa shape index (κ2) is 11.3. The molecule has 0 bridgehead atoms. The highest BCUT2D eigenvalue weighted by molar-refractivity contribution is 5.88. The van der Waals surface area contributed by atoms with Crippen LogP contribution in [-0.2, 0) is 22.4 Å². The van der Waals surface area contributed by atoms with E-state index in [0.717, 1.165) is 17.5 Å². The number of hydrogen-bond acceptors (Lipinski definition) is 2. The Morgan fingerprint density at radius 3 is 2.21 bits per heavy atom. The first-order valence-electron chi connectivity index (χ1n) is 10.3. The molecule has 2 aromatic carbocycles. The summed E-state index contributed by atoms with van der Waals surface area (Å²) in [6.45, 7) is 6.34. The Morgan fingerprint density at radius 2 is 1.62 bits per heavy atom. The zero-order valence-electron chi connectivity index (χ0n) is 17.5. The number of carbonyl (C=O) groups is 2. The number of hydrogen-bond donors (Lipinski definition) is 1. The molecule has 29 heavy (non-hydrogen) atoms. The minimum absolute atomic E-state index is 0.0553. The van der Waals surface area contributed by atoms with Gasteiger partial charge in [0, 0.05) is 12.6 Å². The maximum atomic E-state index is 13.2. The van der Waals surface area contributed by atoms with Crippen LogP contribution in [0.25, 0.3) is 0 Å². The van der Waals surface area contributed by atoms with Crippen molar-refractivity contribution in [1.29, 1.82) is 0 Å². The number of benzene rings is 2. The predicted octanol–water partition coefficient (Wildman–Crippen LogP) is 4.13. The van der Waals surface area contributed by atoms with Crippen LogP contribution in [0.1, 0.15) is 44.7 Å². The molecule has 5 heteroatoms. The van der Waals surface area contributed by atoms with Crippen LogP contribution in [0.3, 0.4) is 0 Å². The molecule has 1 N–H and O–H groups in total. The minimum atomic E-state index is -0.527. The molecule has 0 aliphatic heterocycles. The average molecular weight is 399 g/mol. The zero-order valence-corrected chi connectivity index (χ0v) is 17.5. The molecule has 156 valence electrons. The van der Waals surface area contributed by atoms with Gasteiger partial charge in [0.1, 0.15) is 11.9 Å². The molecule has 0 unspecified atom stereocenters. The second-order valence-electron chi connectivity index (χ2n) is 7.37. The molecular formula is C24H31FN2O2. The molecule has 0 saturated heterocycles. The summed E-state index contributed by atoms with van der Waals surface area (Å²) >= 11 is 0. The molecule has 0 heterocycles. The molecule has 0 aliphatic carbocycles. The van der Waals surface area contributed by atoms with Gasteiger partial charge in [-0.15, -0.1) is 0 Å². The lowest BCUT2D eigenvalue weighted by Crippen LogP contribution is -2.52. The smallest absolute Gasteiger partial charge is 0.243 e. The maximum Gasteiger partial charge on any atom is 0.243 e. The largest absolute Gasteiger partial charge is 0.352 e. The minimum Gasteiger partial charge on any atom is -0.352 e. The third-order valence-electron chi connectivity index (χ3n) is 5.14. The van der Waals surface area contributed by atoms with E-state index in [1.54, 1.807) is 17.0 Å². The van der Waals surface area contributed by atoms with Gasteiger partial charge < -0.3 is 10.2 Å². The summed E-state index contributed by atoms with van der Waals surface area (Å²) in [5, 5.41) is 3.00. The Bertz CT molecular complexity index is 777. The van der Waals surface area contributed by atoms with E-state index >= 15 is 0 Å². The van der Waals surface area contributed by atoms with E-state index in [4.69, 9.17) is 0 Å². The van der Waals surface area contributed by atoms with Crippen molar-refractivity contribution in [1.82, 2.24) is 10.2 Å². The standard InChI is InChI=1S/C24H31FN2O2/c1-4-18(3)26-24(29)22(5-2)27(16-15-19-9-7-6-8-10-19)23(28)17-20-11-13-21(25)14-12-20/h6-14,18,22H,4-5,15-17H2,1-3H3,(H,26,29)/t18-,22+/m0/s1. The van der Waals surface area contributed by atoms with Crippen molar-refractivity contribution in [2.24, 2.45) is 0 Å². The lowest BCUT2D eigenvalue weighted by molar-refractivity contribution is -0.140. The Kier molecular flexibility index (Phi) is 8.84. The summed E-state index contributed by atoms with van der Waals surface area (Å²) in [6, 6.07) is 15.4. The fourth-order valence-electron chi connectivity index (χ4n) is 3.22. The number of nitrogens with one attached hydrogen (secondary N) is 1. The first kappa shape index (κ1) is 22.6. The molecule has 0 fully saturated rings. The van der Waals surface area contributed by atoms with Crippen molar-refractivity contribution >= 4 is 11.8 Å². The first-order chi connectivity index (χ1) is 13.9. The van der Waals surface area contributed by atoms with Crippen LogP contribution in [0.5, 0.6) is 0 Å². The monoisotopic (exact) mass is 398 g/mol. The topological polar surface area (TPSA) is 49.4 Å². The molecule has 2 rings (SSSR count). The number of amides is 2. The van der Waals surface area contributed by atoms with Crippen molar-refractivity contribution in [3.8, 4) is 0 Å². The van der Waals surface area contributed by atoms with Crippen molar-refractivity contribution < 1.29 is 14.0 Å². The van der Waals surface area contributed by atoms with Crippen molar-refractivity contribution in [3.05, 3.63) is 71.5 Å². The SMILES string of the molecule is CC[C@H](C(=O)N[C@@H](C)CC)N(CCc1ccccc1)C(=O)Cc1ccc(F)cc1. The number of carbonyl (C=O) groups excluding carboxylic acids is 2. The summed E-state index contributed by atoms with van der Waals surface area (Å²) in [5.41, 5.74) is 1.85. The van der Waals surface area contributed by atoms with E-state index in [9.17, 15) is 14.0 Å². The second-order valence-corrected chi connectivity index (χ2v) is 7.37. The first-order valence-corrected chi connectivity index (χ1v) is 10.3. The number of halogens is 1. The van der Waals surface area contributed by atoms with Crippen LogP contribution in [0.4, 0.5) is 4.39 Å². The van der Waals surface area contributed by atoms with Crippen LogP contribution in [0.15, 0.2) is 54.6 Å². The summed E-state index contributed by atoms with van der Waals surface area (Å²) in [7, 11) is 0. The van der Waals surface area contributed by atoms with Crippen LogP contribution >= 0.6 is 0 Å². The third kappa shape index (κ3) is 7.00. The summed E-state index contributed by atoms with van der Waals surface area (Å²) in [4.78, 5) is 27.6. The van der Waals surface area contributed by atoms with Gasteiger partial charge in [-0.2, -0.15) is 0 Å². The van der Waals surface area contributed by atoms with Crippen molar-refractivity contribution in [2.45, 2.75) is 58.5 Å². The summed E-state index contributed by atoms with van der Waals surface area (Å²) < 4.78 is 13.2. The molecule has 0 radical (unpaired) electrons. The van der Waals surface area contributed by atoms with Crippen LogP contribution in [0.2, 0.25) is 0 Å². The molecule has 0 saturated carbocycles. The lowest BCUT2D eigenvalue weighted by Gasteiger charge is -2.31. The highest BCUT2D eigenvalue weighted by atomic mass is 19.1. The molecular weight excluding hydrogens is 367 g/mol. The Labute approximate surface area is 173 Å². The molecule has 2 aromatic rings. The zero-order chi connectivity index (χ0) is 21.2. The Morgan fingerprint density at radius 1 is 0.966 bits per heavy atom. The van der Waals surface area contributed by atoms with Crippen LogP contribution in [0, 0.1) is 5.82 Å². The highest BCUT2D eigenvalue weighted by Crippen LogP contribution is 2.13. The van der Waals surface area contributed by atoms with E-state index in [2.05, 4.69) is 5.32 Å². The highest BCUT2D eigenvalue weighted by Gasteiger charge is 2.28. The molecule has 0 aliphatic rings. The molecule has 0 aromatic heterocycles. The third-order valence-corrected chi connectivity index (χ3v) is 5.14. The number of nitrogens with zero attached hydrogens (tertiary/aromatic N) is 1. The van der Waals surface area contributed by atoms with Crippen molar-refractivity contribution in [3.63, 3.8) is 0 Å². The van der Waals surface area contributed by atoms with Crippen LogP contribution in [-0.4, -0.2) is 35.3 Å². The van der Waals surface area contributed by atoms with Gasteiger partial charge >= 0.3 is 0 Å². The molecule has 4 nitrogen and oxygen atoms in total. The Balaban J connectivity index is 2.18. The predicted molar refractivity (Wildman–Crippen MR) is 114 cm³/mol. The average Bonchev–Trinajstić information content (AvgIpc) is 2.73.